The summed E-state index contributed by atoms with van der Waals surface area (Å²) in [6, 6.07) is 6.12. The van der Waals surface area contributed by atoms with Gasteiger partial charge in [-0.05, 0) is 62.2 Å². The lowest BCUT2D eigenvalue weighted by atomic mass is 9.58. The molecular formula is C31H34N4O9. The molecule has 0 bridgehead atoms. The van der Waals surface area contributed by atoms with Gasteiger partial charge in [-0.1, -0.05) is 6.07 Å². The average molecular weight is 607 g/mol. The minimum absolute atomic E-state index is 0.0174. The molecule has 0 spiro atoms. The summed E-state index contributed by atoms with van der Waals surface area (Å²) < 4.78 is 10.8. The summed E-state index contributed by atoms with van der Waals surface area (Å²) in [6.45, 7) is 0.405. The molecular weight excluding hydrogens is 572 g/mol. The number of benzene rings is 2. The van der Waals surface area contributed by atoms with Crippen LogP contribution in [0.5, 0.6) is 17.2 Å². The van der Waals surface area contributed by atoms with Crippen LogP contribution in [-0.4, -0.2) is 89.4 Å². The number of ether oxygens (including phenoxy) is 2. The first-order chi connectivity index (χ1) is 20.8. The molecule has 2 aromatic carbocycles. The van der Waals surface area contributed by atoms with E-state index in [-0.39, 0.29) is 48.8 Å². The number of carbonyl (C=O) groups excluding carboxylic acids is 3. The van der Waals surface area contributed by atoms with Crippen LogP contribution < -0.4 is 25.4 Å². The second-order valence-electron chi connectivity index (χ2n) is 12.0. The van der Waals surface area contributed by atoms with E-state index in [1.54, 1.807) is 40.3 Å². The van der Waals surface area contributed by atoms with Crippen molar-refractivity contribution in [2.75, 3.05) is 45.2 Å². The lowest BCUT2D eigenvalue weighted by molar-refractivity contribution is -0.148. The third-order valence-corrected chi connectivity index (χ3v) is 9.10. The number of anilines is 2. The zero-order chi connectivity index (χ0) is 31.8. The Labute approximate surface area is 252 Å². The zero-order valence-electron chi connectivity index (χ0n) is 24.7. The number of likely N-dealkylation sites (N-methyl/N-ethyl adjacent to an activating group) is 1. The van der Waals surface area contributed by atoms with Gasteiger partial charge in [-0.2, -0.15) is 0 Å². The zero-order valence-corrected chi connectivity index (χ0v) is 24.7. The maximum atomic E-state index is 14.2. The van der Waals surface area contributed by atoms with Crippen molar-refractivity contribution < 1.29 is 44.3 Å². The molecule has 1 aliphatic heterocycles. The van der Waals surface area contributed by atoms with Crippen LogP contribution in [0.4, 0.5) is 11.4 Å². The Hall–Kier alpha value is -4.75. The monoisotopic (exact) mass is 606 g/mol. The Morgan fingerprint density at radius 3 is 2.45 bits per heavy atom. The number of allylic oxidation sites excluding steroid dienone is 1. The number of ketones is 2. The number of nitrogens with two attached hydrogens (primary N) is 1. The molecule has 7 N–H and O–H groups in total. The summed E-state index contributed by atoms with van der Waals surface area (Å²) in [7, 11) is 6.79. The van der Waals surface area contributed by atoms with Crippen molar-refractivity contribution in [2.45, 2.75) is 31.0 Å². The van der Waals surface area contributed by atoms with Crippen LogP contribution in [0.3, 0.4) is 0 Å². The van der Waals surface area contributed by atoms with Gasteiger partial charge in [0.05, 0.1) is 17.3 Å². The molecule has 3 aliphatic carbocycles. The fourth-order valence-electron chi connectivity index (χ4n) is 7.08. The van der Waals surface area contributed by atoms with Crippen LogP contribution in [0.15, 0.2) is 46.9 Å². The highest BCUT2D eigenvalue weighted by molar-refractivity contribution is 6.25. The van der Waals surface area contributed by atoms with Gasteiger partial charge in [0.1, 0.15) is 22.8 Å². The maximum absolute atomic E-state index is 14.2. The number of carbonyl (C=O) groups is 3. The van der Waals surface area contributed by atoms with E-state index in [1.807, 2.05) is 17.0 Å². The number of primary amides is 1. The van der Waals surface area contributed by atoms with E-state index in [0.29, 0.717) is 22.7 Å². The fourth-order valence-corrected chi connectivity index (χ4v) is 7.08. The van der Waals surface area contributed by atoms with E-state index in [2.05, 4.69) is 5.32 Å². The quantitative estimate of drug-likeness (QED) is 0.205. The average Bonchev–Trinajstić information content (AvgIpc) is 3.42. The van der Waals surface area contributed by atoms with Gasteiger partial charge in [0.25, 0.3) is 5.91 Å². The van der Waals surface area contributed by atoms with E-state index in [4.69, 9.17) is 15.2 Å². The molecule has 2 aromatic rings. The van der Waals surface area contributed by atoms with E-state index in [1.165, 1.54) is 4.90 Å². The highest BCUT2D eigenvalue weighted by Gasteiger charge is 2.63. The normalized spacial score (nSPS) is 25.5. The van der Waals surface area contributed by atoms with Crippen LogP contribution in [0.25, 0.3) is 0 Å². The van der Waals surface area contributed by atoms with Crippen molar-refractivity contribution >= 4 is 28.8 Å². The first kappa shape index (κ1) is 29.3. The molecule has 0 radical (unpaired) electrons. The smallest absolute Gasteiger partial charge is 0.255 e. The van der Waals surface area contributed by atoms with Gasteiger partial charge in [-0.15, -0.1) is 0 Å². The van der Waals surface area contributed by atoms with Gasteiger partial charge >= 0.3 is 0 Å². The lowest BCUT2D eigenvalue weighted by Crippen LogP contribution is -2.63. The molecule has 0 aromatic heterocycles. The molecule has 232 valence electrons. The number of rotatable bonds is 6. The number of aliphatic hydroxyl groups is 3. The number of aliphatic hydroxyl groups excluding tert-OH is 2. The number of phenolic OH excluding ortho intramolecular Hbond substituents is 1. The molecule has 0 fully saturated rings. The van der Waals surface area contributed by atoms with E-state index < -0.39 is 58.0 Å². The number of fused-ring (bicyclic) bond motifs is 4. The topological polar surface area (TPSA) is 195 Å². The first-order valence-corrected chi connectivity index (χ1v) is 14.1. The summed E-state index contributed by atoms with van der Waals surface area (Å²) in [5.41, 5.74) is 3.88. The van der Waals surface area contributed by atoms with E-state index in [9.17, 15) is 34.8 Å². The van der Waals surface area contributed by atoms with E-state index >= 15 is 0 Å². The van der Waals surface area contributed by atoms with Gasteiger partial charge in [0, 0.05) is 37.8 Å². The van der Waals surface area contributed by atoms with Gasteiger partial charge < -0.3 is 45.9 Å². The minimum atomic E-state index is -2.69. The van der Waals surface area contributed by atoms with Crippen molar-refractivity contribution in [3.8, 4) is 17.2 Å². The molecule has 44 heavy (non-hydrogen) atoms. The molecule has 13 nitrogen and oxygen atoms in total. The molecule has 13 heteroatoms. The molecule has 6 rings (SSSR count). The van der Waals surface area contributed by atoms with Gasteiger partial charge in [-0.25, -0.2) is 0 Å². The number of phenols is 1. The summed E-state index contributed by atoms with van der Waals surface area (Å²) in [5.74, 6) is -5.66. The molecule has 1 heterocycles. The molecule has 1 amide bonds. The summed E-state index contributed by atoms with van der Waals surface area (Å²) in [5, 5.41) is 48.9. The fraction of sp³-hybridized carbons (Fsp3) is 0.387. The van der Waals surface area contributed by atoms with Crippen LogP contribution in [0.2, 0.25) is 0 Å². The van der Waals surface area contributed by atoms with Crippen molar-refractivity contribution in [2.24, 2.45) is 17.6 Å². The van der Waals surface area contributed by atoms with Crippen molar-refractivity contribution in [3.05, 3.63) is 63.6 Å². The summed E-state index contributed by atoms with van der Waals surface area (Å²) in [6.07, 6.45) is 0.210. The van der Waals surface area contributed by atoms with Gasteiger partial charge in [0.2, 0.25) is 12.6 Å². The number of hydrogen-bond acceptors (Lipinski definition) is 12. The third kappa shape index (κ3) is 4.10. The van der Waals surface area contributed by atoms with E-state index in [0.717, 1.165) is 5.56 Å². The van der Waals surface area contributed by atoms with Crippen molar-refractivity contribution in [1.29, 1.82) is 0 Å². The van der Waals surface area contributed by atoms with Crippen molar-refractivity contribution in [1.82, 2.24) is 4.90 Å². The number of aromatic hydroxyl groups is 1. The second kappa shape index (κ2) is 10.2. The van der Waals surface area contributed by atoms with Crippen LogP contribution >= 0.6 is 0 Å². The van der Waals surface area contributed by atoms with Crippen LogP contribution in [0.1, 0.15) is 27.9 Å². The molecule has 0 saturated heterocycles. The maximum Gasteiger partial charge on any atom is 0.255 e. The second-order valence-corrected chi connectivity index (χ2v) is 12.0. The molecule has 4 unspecified atom stereocenters. The third-order valence-electron chi connectivity index (χ3n) is 9.10. The largest absolute Gasteiger partial charge is 0.510 e. The lowest BCUT2D eigenvalue weighted by Gasteiger charge is -2.50. The Balaban J connectivity index is 1.44. The van der Waals surface area contributed by atoms with Crippen LogP contribution in [-0.2, 0) is 22.6 Å². The first-order valence-electron chi connectivity index (χ1n) is 14.1. The van der Waals surface area contributed by atoms with Gasteiger partial charge in [-0.3, -0.25) is 19.3 Å². The summed E-state index contributed by atoms with van der Waals surface area (Å²) >= 11 is 0. The molecule has 0 saturated carbocycles. The SMILES string of the molecule is CN(C)c1cc(NCc2ccc3c(c2)OCO3)c(O)c2c1CC1CC3C(N(C)C)C(O)=C(C(N)=O)C(=O)C3(O)C(O)=C1C2=O. The van der Waals surface area contributed by atoms with Crippen LogP contribution in [0, 0.1) is 11.8 Å². The Kier molecular flexibility index (Phi) is 6.78. The highest BCUT2D eigenvalue weighted by atomic mass is 16.7. The standard InChI is InChI=1S/C31H34N4O9/c1-34(2)18-10-17(33-11-13-5-6-19-20(7-13)44-12-43-19)25(36)22-15(18)8-14-9-16-24(35(3)4)27(38)23(30(32)41)29(40)31(16,42)28(39)21(14)26(22)37/h5-7,10,14,16,24,33,36,38-39,42H,8-9,11-12H2,1-4H3,(H2,32,41). The Bertz CT molecular complexity index is 1700. The highest BCUT2D eigenvalue weighted by Crippen LogP contribution is 2.54. The number of nitrogens with one attached hydrogen (secondary N) is 1. The Morgan fingerprint density at radius 2 is 1.80 bits per heavy atom. The number of amides is 1. The number of hydrogen-bond donors (Lipinski definition) is 6. The van der Waals surface area contributed by atoms with Crippen molar-refractivity contribution in [3.63, 3.8) is 0 Å². The predicted molar refractivity (Wildman–Crippen MR) is 158 cm³/mol. The molecule has 4 atom stereocenters. The predicted octanol–water partition coefficient (Wildman–Crippen LogP) is 1.53. The Morgan fingerprint density at radius 1 is 1.09 bits per heavy atom. The number of nitrogens with zero attached hydrogens (tertiary/aromatic N) is 2. The van der Waals surface area contributed by atoms with Gasteiger partial charge in [0.15, 0.2) is 22.9 Å². The molecule has 4 aliphatic rings. The summed E-state index contributed by atoms with van der Waals surface area (Å²) in [4.78, 5) is 43.3. The number of Topliss-reactive ketones (excluding diaryl/α,β-unsaturated/α-hetero) is 2. The minimum Gasteiger partial charge on any atom is -0.510 e.